The van der Waals surface area contributed by atoms with Crippen LogP contribution in [0.2, 0.25) is 0 Å². The van der Waals surface area contributed by atoms with E-state index in [1.165, 1.54) is 7.11 Å². The normalized spacial score (nSPS) is 26.4. The lowest BCUT2D eigenvalue weighted by Crippen LogP contribution is -2.54. The number of aliphatic carboxylic acids is 1. The number of piperidine rings is 1. The molecule has 2 aliphatic heterocycles. The largest absolute Gasteiger partial charge is 0.481 e. The third-order valence-electron chi connectivity index (χ3n) is 6.38. The van der Waals surface area contributed by atoms with Crippen molar-refractivity contribution in [3.63, 3.8) is 0 Å². The number of hydrogen-bond acceptors (Lipinski definition) is 4. The molecule has 0 bridgehead atoms. The minimum Gasteiger partial charge on any atom is -0.481 e. The molecule has 1 amide bonds. The number of methoxy groups -OCH3 is 1. The first-order valence-electron chi connectivity index (χ1n) is 10.1. The van der Waals surface area contributed by atoms with E-state index in [2.05, 4.69) is 0 Å². The highest BCUT2D eigenvalue weighted by Crippen LogP contribution is 2.54. The van der Waals surface area contributed by atoms with Crippen LogP contribution in [0.1, 0.15) is 44.1 Å². The van der Waals surface area contributed by atoms with Gasteiger partial charge in [0.15, 0.2) is 0 Å². The van der Waals surface area contributed by atoms with Crippen LogP contribution in [0, 0.1) is 11.3 Å². The topological polar surface area (TPSA) is 83.9 Å². The van der Waals surface area contributed by atoms with Crippen LogP contribution in [-0.2, 0) is 19.1 Å². The van der Waals surface area contributed by atoms with E-state index < -0.39 is 17.3 Å². The quantitative estimate of drug-likeness (QED) is 0.790. The highest BCUT2D eigenvalue weighted by Gasteiger charge is 2.56. The fourth-order valence-electron chi connectivity index (χ4n) is 5.22. The van der Waals surface area contributed by atoms with Gasteiger partial charge in [-0.1, -0.05) is 42.8 Å². The van der Waals surface area contributed by atoms with Gasteiger partial charge < -0.3 is 14.7 Å². The van der Waals surface area contributed by atoms with E-state index in [1.54, 1.807) is 4.90 Å². The Morgan fingerprint density at radius 2 is 2.00 bits per heavy atom. The maximum absolute atomic E-state index is 13.2. The van der Waals surface area contributed by atoms with Crippen molar-refractivity contribution >= 4 is 23.4 Å². The van der Waals surface area contributed by atoms with Crippen molar-refractivity contribution < 1.29 is 24.2 Å². The summed E-state index contributed by atoms with van der Waals surface area (Å²) in [5.41, 5.74) is 2.93. The van der Waals surface area contributed by atoms with Crippen LogP contribution in [0.5, 0.6) is 0 Å². The molecule has 2 atom stereocenters. The van der Waals surface area contributed by atoms with Crippen molar-refractivity contribution in [2.45, 2.75) is 38.5 Å². The van der Waals surface area contributed by atoms with Crippen molar-refractivity contribution in [1.82, 2.24) is 4.90 Å². The molecule has 1 fully saturated rings. The molecule has 3 aliphatic rings. The second kappa shape index (κ2) is 7.50. The number of benzene rings is 1. The van der Waals surface area contributed by atoms with Crippen LogP contribution in [0.15, 0.2) is 47.7 Å². The summed E-state index contributed by atoms with van der Waals surface area (Å²) in [5.74, 6) is -2.32. The molecule has 0 radical (unpaired) electrons. The van der Waals surface area contributed by atoms with Gasteiger partial charge in [0.2, 0.25) is 5.91 Å². The van der Waals surface area contributed by atoms with Gasteiger partial charge in [-0.15, -0.1) is 0 Å². The summed E-state index contributed by atoms with van der Waals surface area (Å²) in [6, 6.07) is 10.00. The van der Waals surface area contributed by atoms with Gasteiger partial charge in [-0.25, -0.2) is 0 Å². The van der Waals surface area contributed by atoms with Gasteiger partial charge in [0.05, 0.1) is 19.4 Å². The Labute approximate surface area is 169 Å². The second-order valence-electron chi connectivity index (χ2n) is 8.04. The molecule has 0 saturated carbocycles. The smallest absolute Gasteiger partial charge is 0.317 e. The number of hydrogen-bond donors (Lipinski definition) is 1. The fraction of sp³-hybridized carbons (Fsp3) is 0.435. The SMILES string of the molecule is COC(=O)[C@]12CCCCC3=C1N(CC=C3c1ccccc1)C(=O)[C@@H](CC(=O)O)C2. The van der Waals surface area contributed by atoms with E-state index in [0.717, 1.165) is 41.7 Å². The van der Waals surface area contributed by atoms with Crippen LogP contribution in [-0.4, -0.2) is 41.5 Å². The first-order valence-corrected chi connectivity index (χ1v) is 10.1. The molecular weight excluding hydrogens is 370 g/mol. The van der Waals surface area contributed by atoms with E-state index in [9.17, 15) is 19.5 Å². The average Bonchev–Trinajstić information content (AvgIpc) is 2.92. The number of carboxylic acids is 1. The van der Waals surface area contributed by atoms with Crippen molar-refractivity contribution in [3.8, 4) is 0 Å². The molecule has 152 valence electrons. The summed E-state index contributed by atoms with van der Waals surface area (Å²) >= 11 is 0. The van der Waals surface area contributed by atoms with E-state index >= 15 is 0 Å². The van der Waals surface area contributed by atoms with E-state index in [4.69, 9.17) is 4.74 Å². The number of nitrogens with zero attached hydrogens (tertiary/aromatic N) is 1. The van der Waals surface area contributed by atoms with Gasteiger partial charge in [0.25, 0.3) is 0 Å². The minimum atomic E-state index is -1.03. The lowest BCUT2D eigenvalue weighted by Gasteiger charge is -2.48. The first kappa shape index (κ1) is 19.4. The molecule has 29 heavy (non-hydrogen) atoms. The highest BCUT2D eigenvalue weighted by atomic mass is 16.5. The lowest BCUT2D eigenvalue weighted by atomic mass is 9.67. The van der Waals surface area contributed by atoms with Crippen LogP contribution < -0.4 is 0 Å². The molecule has 1 aromatic rings. The predicted octanol–water partition coefficient (Wildman–Crippen LogP) is 3.39. The Bertz CT molecular complexity index is 916. The number of allylic oxidation sites excluding steroid dienone is 2. The Morgan fingerprint density at radius 1 is 1.24 bits per heavy atom. The second-order valence-corrected chi connectivity index (χ2v) is 8.04. The van der Waals surface area contributed by atoms with Crippen LogP contribution in [0.25, 0.3) is 5.57 Å². The molecular formula is C23H25NO5. The molecule has 0 unspecified atom stereocenters. The van der Waals surface area contributed by atoms with Gasteiger partial charge in [0, 0.05) is 12.2 Å². The van der Waals surface area contributed by atoms with Crippen LogP contribution >= 0.6 is 0 Å². The van der Waals surface area contributed by atoms with Crippen molar-refractivity contribution in [2.24, 2.45) is 11.3 Å². The Hall–Kier alpha value is -2.89. The maximum Gasteiger partial charge on any atom is 0.317 e. The van der Waals surface area contributed by atoms with Gasteiger partial charge in [-0.05, 0) is 42.4 Å². The highest BCUT2D eigenvalue weighted by molar-refractivity contribution is 5.95. The molecule has 1 aromatic carbocycles. The third-order valence-corrected chi connectivity index (χ3v) is 6.38. The molecule has 2 heterocycles. The molecule has 0 spiro atoms. The average molecular weight is 395 g/mol. The van der Waals surface area contributed by atoms with E-state index in [1.807, 2.05) is 36.4 Å². The number of carboxylic acid groups (broad SMARTS) is 1. The number of rotatable bonds is 4. The third kappa shape index (κ3) is 3.16. The Kier molecular flexibility index (Phi) is 5.03. The summed E-state index contributed by atoms with van der Waals surface area (Å²) in [5, 5.41) is 9.32. The van der Waals surface area contributed by atoms with Gasteiger partial charge in [-0.2, -0.15) is 0 Å². The minimum absolute atomic E-state index is 0.197. The Morgan fingerprint density at radius 3 is 2.69 bits per heavy atom. The van der Waals surface area contributed by atoms with E-state index in [0.29, 0.717) is 13.0 Å². The molecule has 4 rings (SSSR count). The molecule has 6 nitrogen and oxygen atoms in total. The van der Waals surface area contributed by atoms with Crippen molar-refractivity contribution in [1.29, 1.82) is 0 Å². The Balaban J connectivity index is 1.90. The molecule has 1 aliphatic carbocycles. The number of esters is 1. The summed E-state index contributed by atoms with van der Waals surface area (Å²) < 4.78 is 5.22. The zero-order valence-electron chi connectivity index (χ0n) is 16.5. The fourth-order valence-corrected chi connectivity index (χ4v) is 5.22. The molecule has 0 aromatic heterocycles. The predicted molar refractivity (Wildman–Crippen MR) is 106 cm³/mol. The number of carbonyl (C=O) groups is 3. The summed E-state index contributed by atoms with van der Waals surface area (Å²) in [7, 11) is 1.37. The summed E-state index contributed by atoms with van der Waals surface area (Å²) in [4.78, 5) is 39.3. The molecule has 1 N–H and O–H groups in total. The van der Waals surface area contributed by atoms with Crippen molar-refractivity contribution in [3.05, 3.63) is 53.2 Å². The number of carbonyl (C=O) groups excluding carboxylic acids is 2. The first-order chi connectivity index (χ1) is 14.0. The maximum atomic E-state index is 13.2. The zero-order chi connectivity index (χ0) is 20.6. The monoisotopic (exact) mass is 395 g/mol. The summed E-state index contributed by atoms with van der Waals surface area (Å²) in [6.07, 6.45) is 5.04. The van der Waals surface area contributed by atoms with Crippen LogP contribution in [0.3, 0.4) is 0 Å². The standard InChI is InChI=1S/C23H25NO5/c1-29-22(28)23-11-6-5-9-18-17(15-7-3-2-4-8-15)10-12-24(20(18)23)21(27)16(14-23)13-19(25)26/h2-4,7-8,10,16H,5-6,9,11-14H2,1H3,(H,25,26)/t16-,23-/m0/s1. The molecule has 6 heteroatoms. The van der Waals surface area contributed by atoms with E-state index in [-0.39, 0.29) is 24.7 Å². The zero-order valence-corrected chi connectivity index (χ0v) is 16.5. The van der Waals surface area contributed by atoms with Gasteiger partial charge >= 0.3 is 11.9 Å². The molecule has 1 saturated heterocycles. The van der Waals surface area contributed by atoms with Gasteiger partial charge in [-0.3, -0.25) is 14.4 Å². The van der Waals surface area contributed by atoms with Crippen molar-refractivity contribution in [2.75, 3.05) is 13.7 Å². The number of amides is 1. The van der Waals surface area contributed by atoms with Crippen LogP contribution in [0.4, 0.5) is 0 Å². The number of ether oxygens (including phenoxy) is 1. The van der Waals surface area contributed by atoms with Gasteiger partial charge in [0.1, 0.15) is 5.41 Å². The lowest BCUT2D eigenvalue weighted by molar-refractivity contribution is -0.160. The summed E-state index contributed by atoms with van der Waals surface area (Å²) in [6.45, 7) is 0.344.